The Kier molecular flexibility index (Phi) is 6.80. The molecule has 0 aliphatic carbocycles. The topological polar surface area (TPSA) is 46.3 Å². The van der Waals surface area contributed by atoms with Crippen LogP contribution in [0.25, 0.3) is 0 Å². The third kappa shape index (κ3) is 4.11. The standard InChI is InChI=1S/C15H21ClN2O.ClH/c1-11-6-7-18(13(8-11)10-17)15(19)9-12-4-2-3-5-14(12)16;/h2-5,11,13H,6-10,17H2,1H3;1H. The number of nitrogens with two attached hydrogens (primary N) is 1. The summed E-state index contributed by atoms with van der Waals surface area (Å²) in [6.07, 6.45) is 2.43. The van der Waals surface area contributed by atoms with Gasteiger partial charge in [0.2, 0.25) is 5.91 Å². The molecule has 1 heterocycles. The molecule has 0 saturated carbocycles. The molecule has 3 nitrogen and oxygen atoms in total. The van der Waals surface area contributed by atoms with Crippen molar-refractivity contribution in [3.05, 3.63) is 34.9 Å². The van der Waals surface area contributed by atoms with Crippen LogP contribution >= 0.6 is 24.0 Å². The average molecular weight is 317 g/mol. The Morgan fingerprint density at radius 3 is 2.80 bits per heavy atom. The summed E-state index contributed by atoms with van der Waals surface area (Å²) in [6, 6.07) is 7.70. The first-order valence-electron chi connectivity index (χ1n) is 6.84. The van der Waals surface area contributed by atoms with Gasteiger partial charge in [-0.05, 0) is 30.4 Å². The molecule has 5 heteroatoms. The highest BCUT2D eigenvalue weighted by molar-refractivity contribution is 6.31. The lowest BCUT2D eigenvalue weighted by Gasteiger charge is -2.38. The Morgan fingerprint density at radius 2 is 2.15 bits per heavy atom. The second kappa shape index (κ2) is 7.87. The maximum atomic E-state index is 12.4. The zero-order chi connectivity index (χ0) is 13.8. The number of hydrogen-bond acceptors (Lipinski definition) is 2. The van der Waals surface area contributed by atoms with Gasteiger partial charge >= 0.3 is 0 Å². The number of carbonyl (C=O) groups excluding carboxylic acids is 1. The highest BCUT2D eigenvalue weighted by Gasteiger charge is 2.28. The lowest BCUT2D eigenvalue weighted by Crippen LogP contribution is -2.49. The number of rotatable bonds is 3. The summed E-state index contributed by atoms with van der Waals surface area (Å²) in [7, 11) is 0. The molecule has 2 atom stereocenters. The van der Waals surface area contributed by atoms with Gasteiger partial charge in [0.25, 0.3) is 0 Å². The van der Waals surface area contributed by atoms with Crippen molar-refractivity contribution in [2.45, 2.75) is 32.2 Å². The molecule has 0 spiro atoms. The van der Waals surface area contributed by atoms with E-state index < -0.39 is 0 Å². The quantitative estimate of drug-likeness (QED) is 0.932. The van der Waals surface area contributed by atoms with E-state index in [1.165, 1.54) is 0 Å². The fourth-order valence-electron chi connectivity index (χ4n) is 2.71. The Morgan fingerprint density at radius 1 is 1.45 bits per heavy atom. The molecular weight excluding hydrogens is 295 g/mol. The zero-order valence-corrected chi connectivity index (χ0v) is 13.3. The van der Waals surface area contributed by atoms with Gasteiger partial charge in [-0.15, -0.1) is 12.4 Å². The SMILES string of the molecule is CC1CCN(C(=O)Cc2ccccc2Cl)C(CN)C1.Cl. The minimum atomic E-state index is 0. The van der Waals surface area contributed by atoms with E-state index in [2.05, 4.69) is 6.92 Å². The molecule has 1 aromatic rings. The number of likely N-dealkylation sites (tertiary alicyclic amines) is 1. The van der Waals surface area contributed by atoms with Crippen LogP contribution in [-0.2, 0) is 11.2 Å². The van der Waals surface area contributed by atoms with Crippen molar-refractivity contribution in [1.29, 1.82) is 0 Å². The summed E-state index contributed by atoms with van der Waals surface area (Å²) in [6.45, 7) is 3.57. The summed E-state index contributed by atoms with van der Waals surface area (Å²) >= 11 is 6.11. The lowest BCUT2D eigenvalue weighted by atomic mass is 9.92. The molecule has 0 bridgehead atoms. The highest BCUT2D eigenvalue weighted by atomic mass is 35.5. The maximum Gasteiger partial charge on any atom is 0.227 e. The van der Waals surface area contributed by atoms with E-state index in [0.717, 1.165) is 24.9 Å². The second-order valence-electron chi connectivity index (χ2n) is 5.37. The molecule has 2 N–H and O–H groups in total. The van der Waals surface area contributed by atoms with E-state index in [9.17, 15) is 4.79 Å². The minimum absolute atomic E-state index is 0. The first-order valence-corrected chi connectivity index (χ1v) is 7.22. The fraction of sp³-hybridized carbons (Fsp3) is 0.533. The van der Waals surface area contributed by atoms with Gasteiger partial charge in [0, 0.05) is 24.2 Å². The number of halogens is 2. The van der Waals surface area contributed by atoms with Crippen LogP contribution in [0.5, 0.6) is 0 Å². The Hall–Kier alpha value is -0.770. The number of nitrogens with zero attached hydrogens (tertiary/aromatic N) is 1. The molecule has 1 fully saturated rings. The largest absolute Gasteiger partial charge is 0.338 e. The van der Waals surface area contributed by atoms with E-state index in [1.54, 1.807) is 0 Å². The van der Waals surface area contributed by atoms with Crippen molar-refractivity contribution >= 4 is 29.9 Å². The van der Waals surface area contributed by atoms with Gasteiger partial charge < -0.3 is 10.6 Å². The molecule has 1 aliphatic rings. The first kappa shape index (κ1) is 17.3. The van der Waals surface area contributed by atoms with Crippen LogP contribution in [0, 0.1) is 5.92 Å². The normalized spacial score (nSPS) is 22.2. The molecule has 20 heavy (non-hydrogen) atoms. The molecule has 2 rings (SSSR count). The van der Waals surface area contributed by atoms with Crippen LogP contribution in [0.15, 0.2) is 24.3 Å². The van der Waals surface area contributed by atoms with Gasteiger partial charge in [0.1, 0.15) is 0 Å². The average Bonchev–Trinajstić information content (AvgIpc) is 2.41. The Bertz CT molecular complexity index is 453. The van der Waals surface area contributed by atoms with Crippen molar-refractivity contribution in [2.24, 2.45) is 11.7 Å². The monoisotopic (exact) mass is 316 g/mol. The van der Waals surface area contributed by atoms with Crippen LogP contribution in [0.3, 0.4) is 0 Å². The molecule has 112 valence electrons. The summed E-state index contributed by atoms with van der Waals surface area (Å²) in [5.74, 6) is 0.786. The molecular formula is C15H22Cl2N2O. The molecule has 1 aromatic carbocycles. The van der Waals surface area contributed by atoms with Crippen molar-refractivity contribution in [1.82, 2.24) is 4.90 Å². The smallest absolute Gasteiger partial charge is 0.227 e. The van der Waals surface area contributed by atoms with Crippen LogP contribution in [0.2, 0.25) is 5.02 Å². The van der Waals surface area contributed by atoms with E-state index >= 15 is 0 Å². The summed E-state index contributed by atoms with van der Waals surface area (Å²) in [5, 5.41) is 0.658. The van der Waals surface area contributed by atoms with Crippen LogP contribution in [0.1, 0.15) is 25.3 Å². The zero-order valence-electron chi connectivity index (χ0n) is 11.7. The maximum absolute atomic E-state index is 12.4. The number of benzene rings is 1. The van der Waals surface area contributed by atoms with Crippen molar-refractivity contribution in [3.63, 3.8) is 0 Å². The highest BCUT2D eigenvalue weighted by Crippen LogP contribution is 2.23. The Labute approximate surface area is 131 Å². The van der Waals surface area contributed by atoms with Gasteiger partial charge in [-0.1, -0.05) is 36.7 Å². The predicted molar refractivity (Wildman–Crippen MR) is 85.4 cm³/mol. The summed E-state index contributed by atoms with van der Waals surface area (Å²) in [5.41, 5.74) is 6.69. The lowest BCUT2D eigenvalue weighted by molar-refractivity contribution is -0.134. The first-order chi connectivity index (χ1) is 9.11. The van der Waals surface area contributed by atoms with Crippen molar-refractivity contribution in [2.75, 3.05) is 13.1 Å². The molecule has 1 amide bonds. The van der Waals surface area contributed by atoms with E-state index in [4.69, 9.17) is 17.3 Å². The van der Waals surface area contributed by atoms with Crippen molar-refractivity contribution < 1.29 is 4.79 Å². The fourth-order valence-corrected chi connectivity index (χ4v) is 2.91. The second-order valence-corrected chi connectivity index (χ2v) is 5.78. The number of carbonyl (C=O) groups is 1. The Balaban J connectivity index is 0.00000200. The molecule has 2 unspecified atom stereocenters. The van der Waals surface area contributed by atoms with Gasteiger partial charge in [-0.2, -0.15) is 0 Å². The summed E-state index contributed by atoms with van der Waals surface area (Å²) < 4.78 is 0. The number of piperidine rings is 1. The van der Waals surface area contributed by atoms with Gasteiger partial charge in [-0.25, -0.2) is 0 Å². The molecule has 1 saturated heterocycles. The van der Waals surface area contributed by atoms with Crippen LogP contribution < -0.4 is 5.73 Å². The van der Waals surface area contributed by atoms with E-state index in [-0.39, 0.29) is 24.4 Å². The predicted octanol–water partition coefficient (Wildman–Crippen LogP) is 2.89. The number of hydrogen-bond donors (Lipinski definition) is 1. The number of amides is 1. The molecule has 0 radical (unpaired) electrons. The van der Waals surface area contributed by atoms with E-state index in [0.29, 0.717) is 23.9 Å². The minimum Gasteiger partial charge on any atom is -0.338 e. The summed E-state index contributed by atoms with van der Waals surface area (Å²) in [4.78, 5) is 14.3. The van der Waals surface area contributed by atoms with Crippen LogP contribution in [0.4, 0.5) is 0 Å². The molecule has 0 aromatic heterocycles. The van der Waals surface area contributed by atoms with Gasteiger partial charge in [-0.3, -0.25) is 4.79 Å². The van der Waals surface area contributed by atoms with Crippen LogP contribution in [-0.4, -0.2) is 29.9 Å². The third-order valence-electron chi connectivity index (χ3n) is 3.87. The third-order valence-corrected chi connectivity index (χ3v) is 4.24. The van der Waals surface area contributed by atoms with E-state index in [1.807, 2.05) is 29.2 Å². The van der Waals surface area contributed by atoms with Crippen molar-refractivity contribution in [3.8, 4) is 0 Å². The van der Waals surface area contributed by atoms with Gasteiger partial charge in [0.05, 0.1) is 6.42 Å². The van der Waals surface area contributed by atoms with Gasteiger partial charge in [0.15, 0.2) is 0 Å². The molecule has 1 aliphatic heterocycles.